The normalized spacial score (nSPS) is 21.8. The fraction of sp³-hybridized carbons (Fsp3) is 0.571. The summed E-state index contributed by atoms with van der Waals surface area (Å²) in [6, 6.07) is 6.54. The Morgan fingerprint density at radius 2 is 2.39 bits per heavy atom. The molecule has 1 N–H and O–H groups in total. The number of rotatable bonds is 4. The van der Waals surface area contributed by atoms with E-state index in [-0.39, 0.29) is 0 Å². The minimum atomic E-state index is 0.334. The van der Waals surface area contributed by atoms with Crippen molar-refractivity contribution in [2.45, 2.75) is 25.8 Å². The van der Waals surface area contributed by atoms with E-state index in [2.05, 4.69) is 34.2 Å². The van der Waals surface area contributed by atoms with E-state index in [1.807, 2.05) is 12.1 Å². The first-order chi connectivity index (χ1) is 8.72. The third-order valence-electron chi connectivity index (χ3n) is 3.39. The second-order valence-corrected chi connectivity index (χ2v) is 5.95. The predicted octanol–water partition coefficient (Wildman–Crippen LogP) is 4.18. The molecular weight excluding hydrogens is 314 g/mol. The van der Waals surface area contributed by atoms with Crippen LogP contribution in [0.25, 0.3) is 0 Å². The minimum absolute atomic E-state index is 0.334. The van der Waals surface area contributed by atoms with E-state index in [4.69, 9.17) is 16.3 Å². The lowest BCUT2D eigenvalue weighted by Crippen LogP contribution is -2.33. The molecule has 2 nitrogen and oxygen atoms in total. The second kappa shape index (κ2) is 6.90. The number of benzene rings is 1. The van der Waals surface area contributed by atoms with Crippen molar-refractivity contribution in [2.75, 3.05) is 19.8 Å². The monoisotopic (exact) mass is 331 g/mol. The van der Waals surface area contributed by atoms with Crippen LogP contribution in [-0.4, -0.2) is 19.8 Å². The van der Waals surface area contributed by atoms with Gasteiger partial charge >= 0.3 is 0 Å². The molecule has 0 radical (unpaired) electrons. The largest absolute Gasteiger partial charge is 0.381 e. The zero-order chi connectivity index (χ0) is 13.0. The topological polar surface area (TPSA) is 21.3 Å². The summed E-state index contributed by atoms with van der Waals surface area (Å²) in [7, 11) is 0. The Bertz CT molecular complexity index is 393. The second-order valence-electron chi connectivity index (χ2n) is 4.69. The molecule has 1 aromatic carbocycles. The van der Waals surface area contributed by atoms with Gasteiger partial charge in [-0.25, -0.2) is 0 Å². The number of nitrogens with one attached hydrogen (secondary N) is 1. The van der Waals surface area contributed by atoms with Crippen LogP contribution in [0.4, 0.5) is 0 Å². The third-order valence-corrected chi connectivity index (χ3v) is 4.63. The van der Waals surface area contributed by atoms with Crippen molar-refractivity contribution in [3.63, 3.8) is 0 Å². The molecule has 1 saturated heterocycles. The smallest absolute Gasteiger partial charge is 0.0551 e. The van der Waals surface area contributed by atoms with E-state index in [0.717, 1.165) is 35.7 Å². The van der Waals surface area contributed by atoms with Crippen molar-refractivity contribution in [3.8, 4) is 0 Å². The van der Waals surface area contributed by atoms with Crippen molar-refractivity contribution in [1.29, 1.82) is 0 Å². The van der Waals surface area contributed by atoms with Gasteiger partial charge in [0.15, 0.2) is 0 Å². The molecule has 2 unspecified atom stereocenters. The first-order valence-corrected chi connectivity index (χ1v) is 7.65. The molecule has 1 aliphatic rings. The van der Waals surface area contributed by atoms with Gasteiger partial charge in [-0.3, -0.25) is 0 Å². The van der Waals surface area contributed by atoms with Gasteiger partial charge in [-0.15, -0.1) is 0 Å². The molecule has 1 fully saturated rings. The van der Waals surface area contributed by atoms with Crippen LogP contribution < -0.4 is 5.32 Å². The van der Waals surface area contributed by atoms with E-state index < -0.39 is 0 Å². The molecule has 4 heteroatoms. The SMILES string of the molecule is CCNC(c1ccc(Br)c(Cl)c1)C1CCCOC1. The Balaban J connectivity index is 2.19. The highest BCUT2D eigenvalue weighted by Gasteiger charge is 2.25. The van der Waals surface area contributed by atoms with Crippen LogP contribution >= 0.6 is 27.5 Å². The highest BCUT2D eigenvalue weighted by molar-refractivity contribution is 9.10. The molecule has 100 valence electrons. The van der Waals surface area contributed by atoms with E-state index in [1.165, 1.54) is 12.0 Å². The summed E-state index contributed by atoms with van der Waals surface area (Å²) < 4.78 is 6.55. The fourth-order valence-corrected chi connectivity index (χ4v) is 2.95. The summed E-state index contributed by atoms with van der Waals surface area (Å²) in [5.41, 5.74) is 1.25. The van der Waals surface area contributed by atoms with Crippen molar-refractivity contribution >= 4 is 27.5 Å². The van der Waals surface area contributed by atoms with Gasteiger partial charge in [-0.05, 0) is 53.0 Å². The Hall–Kier alpha value is -0.0900. The average Bonchev–Trinajstić information content (AvgIpc) is 2.40. The summed E-state index contributed by atoms with van der Waals surface area (Å²) in [6.07, 6.45) is 2.36. The summed E-state index contributed by atoms with van der Waals surface area (Å²) in [5.74, 6) is 0.538. The van der Waals surface area contributed by atoms with Gasteiger partial charge in [0.1, 0.15) is 0 Å². The van der Waals surface area contributed by atoms with Crippen LogP contribution in [0.1, 0.15) is 31.4 Å². The number of hydrogen-bond donors (Lipinski definition) is 1. The standard InChI is InChI=1S/C14H19BrClNO/c1-2-17-14(11-4-3-7-18-9-11)10-5-6-12(15)13(16)8-10/h5-6,8,11,14,17H,2-4,7,9H2,1H3. The van der Waals surface area contributed by atoms with Crippen LogP contribution in [0.3, 0.4) is 0 Å². The molecule has 2 rings (SSSR count). The Kier molecular flexibility index (Phi) is 5.49. The zero-order valence-corrected chi connectivity index (χ0v) is 12.9. The van der Waals surface area contributed by atoms with Gasteiger partial charge in [-0.1, -0.05) is 24.6 Å². The van der Waals surface area contributed by atoms with Crippen LogP contribution in [0.2, 0.25) is 5.02 Å². The Morgan fingerprint density at radius 3 is 3.00 bits per heavy atom. The minimum Gasteiger partial charge on any atom is -0.381 e. The molecule has 0 amide bonds. The lowest BCUT2D eigenvalue weighted by atomic mass is 9.88. The molecule has 1 heterocycles. The van der Waals surface area contributed by atoms with Crippen molar-refractivity contribution in [3.05, 3.63) is 33.3 Å². The van der Waals surface area contributed by atoms with Crippen molar-refractivity contribution < 1.29 is 4.74 Å². The van der Waals surface area contributed by atoms with Gasteiger partial charge in [0, 0.05) is 23.0 Å². The number of ether oxygens (including phenoxy) is 1. The molecule has 0 bridgehead atoms. The predicted molar refractivity (Wildman–Crippen MR) is 79.1 cm³/mol. The summed E-state index contributed by atoms with van der Waals surface area (Å²) >= 11 is 9.63. The summed E-state index contributed by atoms with van der Waals surface area (Å²) in [4.78, 5) is 0. The first-order valence-electron chi connectivity index (χ1n) is 6.48. The van der Waals surface area contributed by atoms with Crippen LogP contribution in [0, 0.1) is 5.92 Å². The molecular formula is C14H19BrClNO. The lowest BCUT2D eigenvalue weighted by molar-refractivity contribution is 0.0393. The van der Waals surface area contributed by atoms with Gasteiger partial charge in [0.2, 0.25) is 0 Å². The first kappa shape index (κ1) is 14.3. The van der Waals surface area contributed by atoms with Gasteiger partial charge in [0.25, 0.3) is 0 Å². The van der Waals surface area contributed by atoms with Crippen molar-refractivity contribution in [1.82, 2.24) is 5.32 Å². The highest BCUT2D eigenvalue weighted by atomic mass is 79.9. The quantitative estimate of drug-likeness (QED) is 0.893. The van der Waals surface area contributed by atoms with E-state index in [0.29, 0.717) is 12.0 Å². The van der Waals surface area contributed by atoms with Crippen LogP contribution in [-0.2, 0) is 4.74 Å². The van der Waals surface area contributed by atoms with E-state index >= 15 is 0 Å². The molecule has 2 atom stereocenters. The van der Waals surface area contributed by atoms with Crippen molar-refractivity contribution in [2.24, 2.45) is 5.92 Å². The molecule has 0 saturated carbocycles. The molecule has 1 aliphatic heterocycles. The van der Waals surface area contributed by atoms with Crippen LogP contribution in [0.5, 0.6) is 0 Å². The molecule has 0 aromatic heterocycles. The molecule has 18 heavy (non-hydrogen) atoms. The fourth-order valence-electron chi connectivity index (χ4n) is 2.51. The lowest BCUT2D eigenvalue weighted by Gasteiger charge is -2.31. The maximum atomic E-state index is 6.19. The maximum Gasteiger partial charge on any atom is 0.0551 e. The highest BCUT2D eigenvalue weighted by Crippen LogP contribution is 2.32. The van der Waals surface area contributed by atoms with E-state index in [1.54, 1.807) is 0 Å². The van der Waals surface area contributed by atoms with Gasteiger partial charge < -0.3 is 10.1 Å². The number of hydrogen-bond acceptors (Lipinski definition) is 2. The number of halogens is 2. The summed E-state index contributed by atoms with van der Waals surface area (Å²) in [5, 5.41) is 4.33. The molecule has 1 aromatic rings. The third kappa shape index (κ3) is 3.47. The van der Waals surface area contributed by atoms with Gasteiger partial charge in [-0.2, -0.15) is 0 Å². The summed E-state index contributed by atoms with van der Waals surface area (Å²) in [6.45, 7) is 4.83. The van der Waals surface area contributed by atoms with Gasteiger partial charge in [0.05, 0.1) is 11.6 Å². The van der Waals surface area contributed by atoms with Crippen LogP contribution in [0.15, 0.2) is 22.7 Å². The average molecular weight is 333 g/mol. The maximum absolute atomic E-state index is 6.19. The van der Waals surface area contributed by atoms with E-state index in [9.17, 15) is 0 Å². The molecule has 0 aliphatic carbocycles. The Morgan fingerprint density at radius 1 is 1.56 bits per heavy atom. The Labute approximate surface area is 122 Å². The zero-order valence-electron chi connectivity index (χ0n) is 10.6. The molecule has 0 spiro atoms.